The van der Waals surface area contributed by atoms with Crippen molar-refractivity contribution in [1.82, 2.24) is 9.97 Å². The summed E-state index contributed by atoms with van der Waals surface area (Å²) in [5, 5.41) is 0. The van der Waals surface area contributed by atoms with Crippen LogP contribution in [0.3, 0.4) is 0 Å². The number of rotatable bonds is 13. The summed E-state index contributed by atoms with van der Waals surface area (Å²) in [4.78, 5) is 8.90. The van der Waals surface area contributed by atoms with Crippen LogP contribution in [0.25, 0.3) is 11.3 Å². The van der Waals surface area contributed by atoms with Gasteiger partial charge in [-0.3, -0.25) is 0 Å². The summed E-state index contributed by atoms with van der Waals surface area (Å²) in [7, 11) is 0. The Morgan fingerprint density at radius 2 is 1.42 bits per heavy atom. The van der Waals surface area contributed by atoms with Crippen molar-refractivity contribution in [3.8, 4) is 22.9 Å². The number of nitrogens with zero attached hydrogens (tertiary/aromatic N) is 2. The first-order chi connectivity index (χ1) is 15.3. The Hall–Kier alpha value is -2.88. The van der Waals surface area contributed by atoms with Crippen molar-refractivity contribution in [3.63, 3.8) is 0 Å². The number of benzene rings is 2. The van der Waals surface area contributed by atoms with E-state index in [0.717, 1.165) is 42.0 Å². The number of hydrogen-bond donors (Lipinski definition) is 0. The van der Waals surface area contributed by atoms with Gasteiger partial charge in [-0.15, -0.1) is 0 Å². The van der Waals surface area contributed by atoms with Crippen LogP contribution in [0.4, 0.5) is 0 Å². The van der Waals surface area contributed by atoms with Crippen LogP contribution in [0.5, 0.6) is 11.6 Å². The zero-order valence-corrected chi connectivity index (χ0v) is 18.8. The molecule has 0 spiro atoms. The Bertz CT molecular complexity index is 875. The van der Waals surface area contributed by atoms with E-state index < -0.39 is 0 Å². The smallest absolute Gasteiger partial charge is 0.232 e. The lowest BCUT2D eigenvalue weighted by molar-refractivity contribution is 0.292. The molecule has 3 aromatic rings. The second kappa shape index (κ2) is 12.7. The van der Waals surface area contributed by atoms with Crippen molar-refractivity contribution in [2.75, 3.05) is 6.61 Å². The van der Waals surface area contributed by atoms with Gasteiger partial charge in [0.2, 0.25) is 5.88 Å². The maximum atomic E-state index is 5.82. The number of unbranched alkanes of at least 4 members (excludes halogenated alkanes) is 4. The average molecular weight is 419 g/mol. The predicted octanol–water partition coefficient (Wildman–Crippen LogP) is 7.02. The molecule has 0 aliphatic heterocycles. The van der Waals surface area contributed by atoms with Crippen molar-refractivity contribution in [2.24, 2.45) is 0 Å². The van der Waals surface area contributed by atoms with Crippen molar-refractivity contribution in [2.45, 2.75) is 65.4 Å². The molecule has 0 aliphatic rings. The molecule has 0 bridgehead atoms. The lowest BCUT2D eigenvalue weighted by Gasteiger charge is -2.08. The zero-order valence-electron chi connectivity index (χ0n) is 18.8. The standard InChI is InChI=1S/C27H34N2O2/c1-3-5-6-7-8-9-22-10-12-23(13-11-22)21-31-27-20-28-26(19-29-27)24-14-16-25(17-15-24)30-18-4-2/h10-17,19-20H,3-9,18,21H2,1-2H3. The molecule has 31 heavy (non-hydrogen) atoms. The quantitative estimate of drug-likeness (QED) is 0.280. The molecule has 0 unspecified atom stereocenters. The Kier molecular flexibility index (Phi) is 9.36. The van der Waals surface area contributed by atoms with Gasteiger partial charge in [0.1, 0.15) is 12.4 Å². The van der Waals surface area contributed by atoms with Crippen molar-refractivity contribution in [3.05, 3.63) is 72.1 Å². The molecule has 4 nitrogen and oxygen atoms in total. The van der Waals surface area contributed by atoms with Gasteiger partial charge in [-0.2, -0.15) is 0 Å². The number of aromatic nitrogens is 2. The molecule has 0 saturated heterocycles. The second-order valence-electron chi connectivity index (χ2n) is 7.88. The lowest BCUT2D eigenvalue weighted by atomic mass is 10.0. The minimum absolute atomic E-state index is 0.494. The third kappa shape index (κ3) is 7.71. The van der Waals surface area contributed by atoms with Crippen LogP contribution in [-0.4, -0.2) is 16.6 Å². The molecule has 0 saturated carbocycles. The van der Waals surface area contributed by atoms with Crippen LogP contribution >= 0.6 is 0 Å². The molecule has 0 atom stereocenters. The van der Waals surface area contributed by atoms with Gasteiger partial charge in [0.25, 0.3) is 0 Å². The molecule has 3 rings (SSSR count). The van der Waals surface area contributed by atoms with Crippen LogP contribution < -0.4 is 9.47 Å². The second-order valence-corrected chi connectivity index (χ2v) is 7.88. The highest BCUT2D eigenvalue weighted by molar-refractivity contribution is 5.59. The van der Waals surface area contributed by atoms with E-state index in [2.05, 4.69) is 48.1 Å². The van der Waals surface area contributed by atoms with Gasteiger partial charge >= 0.3 is 0 Å². The highest BCUT2D eigenvalue weighted by Crippen LogP contribution is 2.21. The third-order valence-electron chi connectivity index (χ3n) is 5.23. The minimum Gasteiger partial charge on any atom is -0.494 e. The largest absolute Gasteiger partial charge is 0.494 e. The molecule has 0 amide bonds. The predicted molar refractivity (Wildman–Crippen MR) is 126 cm³/mol. The van der Waals surface area contributed by atoms with E-state index in [0.29, 0.717) is 12.5 Å². The Labute approximate surface area is 186 Å². The Morgan fingerprint density at radius 3 is 2.10 bits per heavy atom. The molecule has 0 aliphatic carbocycles. The molecule has 4 heteroatoms. The normalized spacial score (nSPS) is 10.8. The highest BCUT2D eigenvalue weighted by atomic mass is 16.5. The fraction of sp³-hybridized carbons (Fsp3) is 0.407. The fourth-order valence-electron chi connectivity index (χ4n) is 3.37. The van der Waals surface area contributed by atoms with E-state index in [4.69, 9.17) is 9.47 Å². The van der Waals surface area contributed by atoms with Crippen LogP contribution in [0.2, 0.25) is 0 Å². The van der Waals surface area contributed by atoms with Gasteiger partial charge in [-0.05, 0) is 54.7 Å². The van der Waals surface area contributed by atoms with E-state index in [-0.39, 0.29) is 0 Å². The van der Waals surface area contributed by atoms with E-state index in [1.54, 1.807) is 12.4 Å². The van der Waals surface area contributed by atoms with Crippen LogP contribution in [0.1, 0.15) is 63.5 Å². The van der Waals surface area contributed by atoms with Gasteiger partial charge in [0.15, 0.2) is 0 Å². The monoisotopic (exact) mass is 418 g/mol. The summed E-state index contributed by atoms with van der Waals surface area (Å²) in [5.41, 5.74) is 4.37. The van der Waals surface area contributed by atoms with Crippen molar-refractivity contribution in [1.29, 1.82) is 0 Å². The van der Waals surface area contributed by atoms with Crippen LogP contribution in [0.15, 0.2) is 60.9 Å². The summed E-state index contributed by atoms with van der Waals surface area (Å²) in [6.07, 6.45) is 12.2. The molecule has 164 valence electrons. The van der Waals surface area contributed by atoms with E-state index in [1.165, 1.54) is 37.7 Å². The van der Waals surface area contributed by atoms with Gasteiger partial charge in [-0.1, -0.05) is 63.8 Å². The molecule has 1 aromatic heterocycles. The first-order valence-corrected chi connectivity index (χ1v) is 11.5. The molecule has 0 radical (unpaired) electrons. The summed E-state index contributed by atoms with van der Waals surface area (Å²) >= 11 is 0. The lowest BCUT2D eigenvalue weighted by Crippen LogP contribution is -1.99. The molecule has 2 aromatic carbocycles. The Balaban J connectivity index is 1.45. The maximum Gasteiger partial charge on any atom is 0.232 e. The Morgan fingerprint density at radius 1 is 0.677 bits per heavy atom. The summed E-state index contributed by atoms with van der Waals surface area (Å²) in [5.74, 6) is 1.41. The van der Waals surface area contributed by atoms with Crippen LogP contribution in [0, 0.1) is 0 Å². The fourth-order valence-corrected chi connectivity index (χ4v) is 3.37. The molecule has 0 N–H and O–H groups in total. The third-order valence-corrected chi connectivity index (χ3v) is 5.23. The van der Waals surface area contributed by atoms with Crippen molar-refractivity contribution >= 4 is 0 Å². The van der Waals surface area contributed by atoms with Crippen LogP contribution in [-0.2, 0) is 13.0 Å². The SMILES string of the molecule is CCCCCCCc1ccc(COc2cnc(-c3ccc(OCCC)cc3)cn2)cc1. The number of aryl methyl sites for hydroxylation is 1. The summed E-state index contributed by atoms with van der Waals surface area (Å²) in [6.45, 7) is 5.57. The molecule has 1 heterocycles. The van der Waals surface area contributed by atoms with Gasteiger partial charge in [0, 0.05) is 5.56 Å². The maximum absolute atomic E-state index is 5.82. The first-order valence-electron chi connectivity index (χ1n) is 11.5. The van der Waals surface area contributed by atoms with E-state index in [9.17, 15) is 0 Å². The summed E-state index contributed by atoms with van der Waals surface area (Å²) in [6, 6.07) is 16.6. The van der Waals surface area contributed by atoms with E-state index >= 15 is 0 Å². The van der Waals surface area contributed by atoms with Gasteiger partial charge < -0.3 is 9.47 Å². The molecule has 0 fully saturated rings. The topological polar surface area (TPSA) is 44.2 Å². The van der Waals surface area contributed by atoms with Gasteiger partial charge in [0.05, 0.1) is 24.7 Å². The zero-order chi connectivity index (χ0) is 21.7. The average Bonchev–Trinajstić information content (AvgIpc) is 2.83. The first kappa shape index (κ1) is 22.8. The number of ether oxygens (including phenoxy) is 2. The van der Waals surface area contributed by atoms with Crippen molar-refractivity contribution < 1.29 is 9.47 Å². The minimum atomic E-state index is 0.494. The van der Waals surface area contributed by atoms with E-state index in [1.807, 2.05) is 24.3 Å². The summed E-state index contributed by atoms with van der Waals surface area (Å²) < 4.78 is 11.4. The molecular weight excluding hydrogens is 384 g/mol. The molecular formula is C27H34N2O2. The number of hydrogen-bond acceptors (Lipinski definition) is 4. The highest BCUT2D eigenvalue weighted by Gasteiger charge is 2.04. The van der Waals surface area contributed by atoms with Gasteiger partial charge in [-0.25, -0.2) is 9.97 Å².